The van der Waals surface area contributed by atoms with Gasteiger partial charge in [-0.1, -0.05) is 11.6 Å². The summed E-state index contributed by atoms with van der Waals surface area (Å²) in [5, 5.41) is -0.655. The second kappa shape index (κ2) is 5.21. The van der Waals surface area contributed by atoms with E-state index in [-0.39, 0.29) is 5.56 Å². The van der Waals surface area contributed by atoms with Crippen molar-refractivity contribution in [3.63, 3.8) is 0 Å². The number of esters is 1. The molecule has 0 aliphatic heterocycles. The number of rotatable bonds is 3. The van der Waals surface area contributed by atoms with Gasteiger partial charge in [0.2, 0.25) is 6.17 Å². The summed E-state index contributed by atoms with van der Waals surface area (Å²) >= 11 is 5.24. The molecule has 0 heterocycles. The summed E-state index contributed by atoms with van der Waals surface area (Å²) in [5.74, 6) is -3.07. The molecule has 0 bridgehead atoms. The number of carbonyl (C=O) groups is 1. The SMILES string of the molecule is COC(=O)C(F)Cc1cc(F)c(Cl)c(F)c1. The predicted molar refractivity (Wildman–Crippen MR) is 52.0 cm³/mol. The van der Waals surface area contributed by atoms with Gasteiger partial charge in [-0.25, -0.2) is 18.0 Å². The Labute approximate surface area is 95.0 Å². The van der Waals surface area contributed by atoms with E-state index < -0.39 is 35.2 Å². The highest BCUT2D eigenvalue weighted by Crippen LogP contribution is 2.21. The van der Waals surface area contributed by atoms with Crippen molar-refractivity contribution in [1.82, 2.24) is 0 Å². The second-order valence-corrected chi connectivity index (χ2v) is 3.45. The molecule has 0 aliphatic carbocycles. The van der Waals surface area contributed by atoms with E-state index in [1.807, 2.05) is 0 Å². The number of hydrogen-bond donors (Lipinski definition) is 0. The van der Waals surface area contributed by atoms with Gasteiger partial charge in [-0.05, 0) is 17.7 Å². The van der Waals surface area contributed by atoms with Crippen LogP contribution in [0.3, 0.4) is 0 Å². The highest BCUT2D eigenvalue weighted by Gasteiger charge is 2.19. The topological polar surface area (TPSA) is 26.3 Å². The van der Waals surface area contributed by atoms with Crippen LogP contribution in [0.25, 0.3) is 0 Å². The Morgan fingerprint density at radius 2 is 1.94 bits per heavy atom. The molecule has 0 aliphatic rings. The molecule has 0 N–H and O–H groups in total. The number of alkyl halides is 1. The first-order valence-corrected chi connectivity index (χ1v) is 4.68. The Morgan fingerprint density at radius 1 is 1.44 bits per heavy atom. The van der Waals surface area contributed by atoms with Gasteiger partial charge in [-0.3, -0.25) is 0 Å². The zero-order valence-corrected chi connectivity index (χ0v) is 9.02. The van der Waals surface area contributed by atoms with E-state index in [1.165, 1.54) is 0 Å². The molecule has 1 unspecified atom stereocenters. The van der Waals surface area contributed by atoms with Crippen LogP contribution in [0, 0.1) is 11.6 Å². The van der Waals surface area contributed by atoms with Crippen LogP contribution in [0.1, 0.15) is 5.56 Å². The van der Waals surface area contributed by atoms with Crippen molar-refractivity contribution in [3.8, 4) is 0 Å². The molecule has 1 atom stereocenters. The third kappa shape index (κ3) is 2.88. The van der Waals surface area contributed by atoms with E-state index >= 15 is 0 Å². The van der Waals surface area contributed by atoms with Crippen LogP contribution in [-0.4, -0.2) is 19.3 Å². The molecule has 1 rings (SSSR count). The normalized spacial score (nSPS) is 12.3. The second-order valence-electron chi connectivity index (χ2n) is 3.07. The van der Waals surface area contributed by atoms with Crippen LogP contribution < -0.4 is 0 Å². The zero-order valence-electron chi connectivity index (χ0n) is 8.27. The van der Waals surface area contributed by atoms with Crippen molar-refractivity contribution >= 4 is 17.6 Å². The Hall–Kier alpha value is -1.23. The molecule has 1 aromatic carbocycles. The molecule has 0 saturated heterocycles. The van der Waals surface area contributed by atoms with Crippen LogP contribution in [0.2, 0.25) is 5.02 Å². The van der Waals surface area contributed by atoms with Crippen LogP contribution in [0.4, 0.5) is 13.2 Å². The van der Waals surface area contributed by atoms with Crippen molar-refractivity contribution in [3.05, 3.63) is 34.4 Å². The maximum atomic E-state index is 13.1. The van der Waals surface area contributed by atoms with Crippen molar-refractivity contribution in [2.75, 3.05) is 7.11 Å². The lowest BCUT2D eigenvalue weighted by Crippen LogP contribution is -2.19. The molecular weight excluding hydrogens is 245 g/mol. The molecule has 0 amide bonds. The van der Waals surface area contributed by atoms with E-state index in [1.54, 1.807) is 0 Å². The van der Waals surface area contributed by atoms with E-state index in [0.29, 0.717) is 0 Å². The van der Waals surface area contributed by atoms with Gasteiger partial charge in [0.1, 0.15) is 16.7 Å². The minimum Gasteiger partial charge on any atom is -0.467 e. The number of methoxy groups -OCH3 is 1. The summed E-state index contributed by atoms with van der Waals surface area (Å²) in [4.78, 5) is 10.7. The first-order chi connectivity index (χ1) is 7.45. The highest BCUT2D eigenvalue weighted by atomic mass is 35.5. The summed E-state index contributed by atoms with van der Waals surface area (Å²) in [6, 6.07) is 1.75. The first kappa shape index (κ1) is 12.8. The maximum Gasteiger partial charge on any atom is 0.340 e. The van der Waals surface area contributed by atoms with Gasteiger partial charge >= 0.3 is 5.97 Å². The van der Waals surface area contributed by atoms with E-state index in [2.05, 4.69) is 4.74 Å². The number of benzene rings is 1. The van der Waals surface area contributed by atoms with Crippen molar-refractivity contribution in [2.24, 2.45) is 0 Å². The average Bonchev–Trinajstić information content (AvgIpc) is 2.24. The van der Waals surface area contributed by atoms with Gasteiger partial charge in [0, 0.05) is 6.42 Å². The van der Waals surface area contributed by atoms with Crippen molar-refractivity contribution < 1.29 is 22.7 Å². The summed E-state index contributed by atoms with van der Waals surface area (Å²) in [5.41, 5.74) is -0.00250. The monoisotopic (exact) mass is 252 g/mol. The maximum absolute atomic E-state index is 13.1. The molecule has 0 saturated carbocycles. The Morgan fingerprint density at radius 3 is 2.38 bits per heavy atom. The fourth-order valence-corrected chi connectivity index (χ4v) is 1.25. The average molecular weight is 253 g/mol. The highest BCUT2D eigenvalue weighted by molar-refractivity contribution is 6.30. The van der Waals surface area contributed by atoms with E-state index in [9.17, 15) is 18.0 Å². The fraction of sp³-hybridized carbons (Fsp3) is 0.300. The molecule has 88 valence electrons. The largest absolute Gasteiger partial charge is 0.467 e. The molecule has 0 radical (unpaired) electrons. The van der Waals surface area contributed by atoms with Gasteiger partial charge in [-0.15, -0.1) is 0 Å². The minimum atomic E-state index is -1.95. The lowest BCUT2D eigenvalue weighted by atomic mass is 10.1. The molecule has 0 fully saturated rings. The summed E-state index contributed by atoms with van der Waals surface area (Å²) in [6.45, 7) is 0. The number of hydrogen-bond acceptors (Lipinski definition) is 2. The summed E-state index contributed by atoms with van der Waals surface area (Å²) < 4.78 is 43.2. The Kier molecular flexibility index (Phi) is 4.18. The minimum absolute atomic E-state index is 0.00250. The third-order valence-corrected chi connectivity index (χ3v) is 2.28. The zero-order chi connectivity index (χ0) is 12.3. The number of carbonyl (C=O) groups excluding carboxylic acids is 1. The van der Waals surface area contributed by atoms with Crippen LogP contribution in [-0.2, 0) is 16.0 Å². The van der Waals surface area contributed by atoms with Gasteiger partial charge in [-0.2, -0.15) is 0 Å². The number of halogens is 4. The molecule has 0 aromatic heterocycles. The van der Waals surface area contributed by atoms with Gasteiger partial charge < -0.3 is 4.74 Å². The van der Waals surface area contributed by atoms with Gasteiger partial charge in [0.15, 0.2) is 0 Å². The van der Waals surface area contributed by atoms with Crippen LogP contribution >= 0.6 is 11.6 Å². The number of ether oxygens (including phenoxy) is 1. The molecule has 2 nitrogen and oxygen atoms in total. The van der Waals surface area contributed by atoms with Crippen molar-refractivity contribution in [2.45, 2.75) is 12.6 Å². The quantitative estimate of drug-likeness (QED) is 0.611. The smallest absolute Gasteiger partial charge is 0.340 e. The molecule has 0 spiro atoms. The van der Waals surface area contributed by atoms with Crippen molar-refractivity contribution in [1.29, 1.82) is 0 Å². The Balaban J connectivity index is 2.86. The fourth-order valence-electron chi connectivity index (χ4n) is 1.14. The standard InChI is InChI=1S/C10H8ClF3O2/c1-16-10(15)8(14)4-5-2-6(12)9(11)7(13)3-5/h2-3,8H,4H2,1H3. The van der Waals surface area contributed by atoms with Crippen LogP contribution in [0.5, 0.6) is 0 Å². The molecule has 1 aromatic rings. The summed E-state index contributed by atoms with van der Waals surface area (Å²) in [6.07, 6.45) is -2.41. The Bertz CT molecular complexity index is 386. The molecule has 16 heavy (non-hydrogen) atoms. The van der Waals surface area contributed by atoms with E-state index in [0.717, 1.165) is 19.2 Å². The van der Waals surface area contributed by atoms with Gasteiger partial charge in [0.25, 0.3) is 0 Å². The van der Waals surface area contributed by atoms with E-state index in [4.69, 9.17) is 11.6 Å². The molecular formula is C10H8ClF3O2. The predicted octanol–water partition coefficient (Wildman–Crippen LogP) is 2.67. The third-order valence-electron chi connectivity index (χ3n) is 1.92. The van der Waals surface area contributed by atoms with Crippen LogP contribution in [0.15, 0.2) is 12.1 Å². The lowest BCUT2D eigenvalue weighted by Gasteiger charge is -2.07. The van der Waals surface area contributed by atoms with Gasteiger partial charge in [0.05, 0.1) is 7.11 Å². The first-order valence-electron chi connectivity index (χ1n) is 4.31. The summed E-state index contributed by atoms with van der Waals surface area (Å²) in [7, 11) is 1.03. The molecule has 6 heteroatoms. The lowest BCUT2D eigenvalue weighted by molar-refractivity contribution is -0.146.